The number of methoxy groups -OCH3 is 1. The first kappa shape index (κ1) is 22.8. The summed E-state index contributed by atoms with van der Waals surface area (Å²) in [4.78, 5) is 22.0. The van der Waals surface area contributed by atoms with E-state index in [1.54, 1.807) is 24.3 Å². The molecule has 3 aromatic rings. The Morgan fingerprint density at radius 2 is 2.03 bits per heavy atom. The van der Waals surface area contributed by atoms with Crippen LogP contribution in [-0.4, -0.2) is 58.5 Å². The Bertz CT molecular complexity index is 1230. The Balaban J connectivity index is 1.76. The number of ether oxygens (including phenoxy) is 2. The molecule has 0 spiro atoms. The van der Waals surface area contributed by atoms with E-state index in [4.69, 9.17) is 9.47 Å². The summed E-state index contributed by atoms with van der Waals surface area (Å²) in [6.07, 6.45) is 1.80. The van der Waals surface area contributed by atoms with Crippen molar-refractivity contribution < 1.29 is 23.8 Å². The number of nitrogens with zero attached hydrogens (tertiary/aromatic N) is 2. The second-order valence-corrected chi connectivity index (χ2v) is 9.04. The minimum absolute atomic E-state index is 0.106. The molecule has 1 amide bonds. The molecule has 0 unspecified atom stereocenters. The highest BCUT2D eigenvalue weighted by atomic mass is 19.1. The first-order valence-electron chi connectivity index (χ1n) is 10.8. The molecule has 0 fully saturated rings. The number of rotatable bonds is 4. The van der Waals surface area contributed by atoms with Crippen molar-refractivity contribution >= 4 is 22.7 Å². The van der Waals surface area contributed by atoms with Gasteiger partial charge in [-0.1, -0.05) is 0 Å². The van der Waals surface area contributed by atoms with Crippen molar-refractivity contribution in [2.75, 3.05) is 26.8 Å². The number of benzene rings is 1. The third kappa shape index (κ3) is 4.71. The largest absolute Gasteiger partial charge is 0.496 e. The van der Waals surface area contributed by atoms with Gasteiger partial charge >= 0.3 is 6.09 Å². The molecule has 174 valence electrons. The average molecular weight is 454 g/mol. The van der Waals surface area contributed by atoms with Crippen LogP contribution in [0.4, 0.5) is 9.18 Å². The van der Waals surface area contributed by atoms with Crippen LogP contribution in [0.25, 0.3) is 27.7 Å². The van der Waals surface area contributed by atoms with E-state index in [0.717, 1.165) is 27.8 Å². The Hall–Kier alpha value is -3.39. The highest BCUT2D eigenvalue weighted by Gasteiger charge is 2.28. The molecule has 8 heteroatoms. The molecule has 2 N–H and O–H groups in total. The zero-order chi connectivity index (χ0) is 23.8. The van der Waals surface area contributed by atoms with Crippen LogP contribution in [0.15, 0.2) is 42.1 Å². The van der Waals surface area contributed by atoms with Gasteiger partial charge in [-0.15, -0.1) is 0 Å². The SMILES string of the molecule is COc1ccc(F)cc1-c1ccnc2[nH]c(C3=C(CO)CCN(C(=O)OC(C)(C)C)C3)cc12. The standard InChI is InChI=1S/C25H28FN3O4/c1-25(2,3)33-24(31)29-10-8-15(14-30)20(13-29)21-12-19-17(7-9-27-23(19)28-21)18-11-16(26)5-6-22(18)32-4/h5-7,9,11-12,30H,8,10,13-14H2,1-4H3,(H,27,28). The summed E-state index contributed by atoms with van der Waals surface area (Å²) < 4.78 is 25.0. The number of carbonyl (C=O) groups excluding carboxylic acids is 1. The third-order valence-corrected chi connectivity index (χ3v) is 5.61. The number of hydrogen-bond acceptors (Lipinski definition) is 5. The van der Waals surface area contributed by atoms with Crippen LogP contribution in [0, 0.1) is 5.82 Å². The van der Waals surface area contributed by atoms with Crippen molar-refractivity contribution in [1.29, 1.82) is 0 Å². The highest BCUT2D eigenvalue weighted by molar-refractivity contribution is 5.97. The summed E-state index contributed by atoms with van der Waals surface area (Å²) in [5, 5.41) is 10.7. The number of nitrogens with one attached hydrogen (secondary N) is 1. The predicted octanol–water partition coefficient (Wildman–Crippen LogP) is 4.76. The molecule has 4 rings (SSSR count). The molecular weight excluding hydrogens is 425 g/mol. The maximum atomic E-state index is 14.0. The molecule has 2 aromatic heterocycles. The maximum Gasteiger partial charge on any atom is 0.410 e. The topological polar surface area (TPSA) is 87.7 Å². The lowest BCUT2D eigenvalue weighted by molar-refractivity contribution is 0.0268. The third-order valence-electron chi connectivity index (χ3n) is 5.61. The van der Waals surface area contributed by atoms with Crippen molar-refractivity contribution in [3.63, 3.8) is 0 Å². The number of aromatic amines is 1. The van der Waals surface area contributed by atoms with E-state index in [1.807, 2.05) is 32.9 Å². The van der Waals surface area contributed by atoms with Crippen molar-refractivity contribution in [3.05, 3.63) is 53.6 Å². The van der Waals surface area contributed by atoms with E-state index in [9.17, 15) is 14.3 Å². The van der Waals surface area contributed by atoms with Gasteiger partial charge in [0.2, 0.25) is 0 Å². The molecule has 3 heterocycles. The number of aliphatic hydroxyl groups excluding tert-OH is 1. The minimum Gasteiger partial charge on any atom is -0.496 e. The molecule has 0 aliphatic carbocycles. The fraction of sp³-hybridized carbons (Fsp3) is 0.360. The zero-order valence-electron chi connectivity index (χ0n) is 19.2. The molecular formula is C25H28FN3O4. The van der Waals surface area contributed by atoms with Crippen molar-refractivity contribution in [2.24, 2.45) is 0 Å². The smallest absolute Gasteiger partial charge is 0.410 e. The number of pyridine rings is 1. The van der Waals surface area contributed by atoms with E-state index in [1.165, 1.54) is 12.1 Å². The Labute approximate surface area is 191 Å². The molecule has 0 saturated carbocycles. The van der Waals surface area contributed by atoms with E-state index >= 15 is 0 Å². The molecule has 1 aliphatic rings. The summed E-state index contributed by atoms with van der Waals surface area (Å²) >= 11 is 0. The first-order chi connectivity index (χ1) is 15.7. The fourth-order valence-corrected chi connectivity index (χ4v) is 4.05. The van der Waals surface area contributed by atoms with Crippen LogP contribution in [0.3, 0.4) is 0 Å². The number of amides is 1. The van der Waals surface area contributed by atoms with Crippen LogP contribution in [-0.2, 0) is 4.74 Å². The second-order valence-electron chi connectivity index (χ2n) is 9.04. The van der Waals surface area contributed by atoms with Crippen LogP contribution in [0.1, 0.15) is 32.9 Å². The van der Waals surface area contributed by atoms with Crippen LogP contribution < -0.4 is 4.74 Å². The van der Waals surface area contributed by atoms with Crippen LogP contribution in [0.5, 0.6) is 5.75 Å². The van der Waals surface area contributed by atoms with Gasteiger partial charge in [-0.05, 0) is 74.2 Å². The molecule has 33 heavy (non-hydrogen) atoms. The summed E-state index contributed by atoms with van der Waals surface area (Å²) in [5.74, 6) is 0.188. The van der Waals surface area contributed by atoms with Gasteiger partial charge in [0.25, 0.3) is 0 Å². The van der Waals surface area contributed by atoms with Gasteiger partial charge in [-0.3, -0.25) is 0 Å². The number of H-pyrrole nitrogens is 1. The Morgan fingerprint density at radius 1 is 1.24 bits per heavy atom. The summed E-state index contributed by atoms with van der Waals surface area (Å²) in [6.45, 7) is 6.16. The van der Waals surface area contributed by atoms with Gasteiger partial charge in [0.1, 0.15) is 22.8 Å². The average Bonchev–Trinajstić information content (AvgIpc) is 3.21. The van der Waals surface area contributed by atoms with E-state index in [2.05, 4.69) is 9.97 Å². The van der Waals surface area contributed by atoms with Gasteiger partial charge in [-0.25, -0.2) is 14.2 Å². The lowest BCUT2D eigenvalue weighted by Crippen LogP contribution is -2.40. The zero-order valence-corrected chi connectivity index (χ0v) is 19.2. The van der Waals surface area contributed by atoms with E-state index < -0.39 is 11.7 Å². The van der Waals surface area contributed by atoms with Gasteiger partial charge in [0, 0.05) is 29.4 Å². The Morgan fingerprint density at radius 3 is 2.73 bits per heavy atom. The van der Waals surface area contributed by atoms with Crippen molar-refractivity contribution in [3.8, 4) is 16.9 Å². The number of aromatic nitrogens is 2. The number of carbonyl (C=O) groups is 1. The van der Waals surface area contributed by atoms with Gasteiger partial charge in [0.15, 0.2) is 0 Å². The molecule has 0 bridgehead atoms. The maximum absolute atomic E-state index is 14.0. The second kappa shape index (κ2) is 8.86. The van der Waals surface area contributed by atoms with Gasteiger partial charge in [-0.2, -0.15) is 0 Å². The monoisotopic (exact) mass is 453 g/mol. The molecule has 0 saturated heterocycles. The Kier molecular flexibility index (Phi) is 6.12. The predicted molar refractivity (Wildman–Crippen MR) is 124 cm³/mol. The summed E-state index contributed by atoms with van der Waals surface area (Å²) in [6, 6.07) is 8.12. The molecule has 1 aromatic carbocycles. The number of fused-ring (bicyclic) bond motifs is 1. The lowest BCUT2D eigenvalue weighted by atomic mass is 9.97. The minimum atomic E-state index is -0.595. The van der Waals surface area contributed by atoms with Gasteiger partial charge < -0.3 is 24.5 Å². The highest BCUT2D eigenvalue weighted by Crippen LogP contribution is 2.37. The molecule has 0 atom stereocenters. The summed E-state index contributed by atoms with van der Waals surface area (Å²) in [7, 11) is 1.54. The van der Waals surface area contributed by atoms with Crippen molar-refractivity contribution in [2.45, 2.75) is 32.8 Å². The first-order valence-corrected chi connectivity index (χ1v) is 10.8. The number of halogens is 1. The number of hydrogen-bond donors (Lipinski definition) is 2. The lowest BCUT2D eigenvalue weighted by Gasteiger charge is -2.32. The van der Waals surface area contributed by atoms with Crippen LogP contribution >= 0.6 is 0 Å². The normalized spacial score (nSPS) is 14.7. The molecule has 7 nitrogen and oxygen atoms in total. The van der Waals surface area contributed by atoms with Gasteiger partial charge in [0.05, 0.1) is 20.3 Å². The van der Waals surface area contributed by atoms with E-state index in [-0.39, 0.29) is 12.4 Å². The van der Waals surface area contributed by atoms with Crippen LogP contribution in [0.2, 0.25) is 0 Å². The van der Waals surface area contributed by atoms with Crippen molar-refractivity contribution in [1.82, 2.24) is 14.9 Å². The fourth-order valence-electron chi connectivity index (χ4n) is 4.05. The number of aliphatic hydroxyl groups is 1. The van der Waals surface area contributed by atoms with E-state index in [0.29, 0.717) is 36.5 Å². The quantitative estimate of drug-likeness (QED) is 0.595. The molecule has 0 radical (unpaired) electrons. The molecule has 1 aliphatic heterocycles. The summed E-state index contributed by atoms with van der Waals surface area (Å²) in [5.41, 5.74) is 3.83.